The van der Waals surface area contributed by atoms with Crippen LogP contribution in [0.3, 0.4) is 0 Å². The van der Waals surface area contributed by atoms with Gasteiger partial charge in [0.2, 0.25) is 0 Å². The van der Waals surface area contributed by atoms with Gasteiger partial charge in [0.1, 0.15) is 6.61 Å². The zero-order valence-electron chi connectivity index (χ0n) is 11.0. The first-order valence-corrected chi connectivity index (χ1v) is 6.22. The van der Waals surface area contributed by atoms with Crippen molar-refractivity contribution >= 4 is 17.7 Å². The summed E-state index contributed by atoms with van der Waals surface area (Å²) in [5, 5.41) is 12.7. The van der Waals surface area contributed by atoms with Crippen LogP contribution in [-0.4, -0.2) is 24.9 Å². The highest BCUT2D eigenvalue weighted by molar-refractivity contribution is 6.32. The van der Waals surface area contributed by atoms with Crippen LogP contribution in [0.2, 0.25) is 5.02 Å². The van der Waals surface area contributed by atoms with Crippen LogP contribution in [0.5, 0.6) is 11.5 Å². The predicted molar refractivity (Wildman–Crippen MR) is 70.7 cm³/mol. The number of halogens is 1. The molecule has 1 aromatic rings. The van der Waals surface area contributed by atoms with Gasteiger partial charge in [-0.15, -0.1) is 0 Å². The molecule has 0 aromatic heterocycles. The Morgan fingerprint density at radius 2 is 2.21 bits per heavy atom. The van der Waals surface area contributed by atoms with Crippen molar-refractivity contribution in [2.75, 3.05) is 13.7 Å². The van der Waals surface area contributed by atoms with Crippen LogP contribution in [-0.2, 0) is 4.74 Å². The Morgan fingerprint density at radius 3 is 2.84 bits per heavy atom. The Bertz CT molecular complexity index is 516. The molecule has 1 heterocycles. The fourth-order valence-corrected chi connectivity index (χ4v) is 2.36. The number of benzene rings is 1. The first-order valence-electron chi connectivity index (χ1n) is 5.85. The summed E-state index contributed by atoms with van der Waals surface area (Å²) in [5.74, 6) is 0.170. The van der Waals surface area contributed by atoms with Crippen LogP contribution in [0.15, 0.2) is 12.1 Å². The zero-order valence-corrected chi connectivity index (χ0v) is 11.7. The van der Waals surface area contributed by atoms with Crippen molar-refractivity contribution in [3.63, 3.8) is 0 Å². The van der Waals surface area contributed by atoms with E-state index in [-0.39, 0.29) is 28.0 Å². The van der Waals surface area contributed by atoms with E-state index < -0.39 is 6.09 Å². The van der Waals surface area contributed by atoms with Crippen molar-refractivity contribution in [2.24, 2.45) is 5.41 Å². The van der Waals surface area contributed by atoms with E-state index in [4.69, 9.17) is 21.1 Å². The number of hydrogen-bond donors (Lipinski definition) is 2. The molecule has 0 spiro atoms. The summed E-state index contributed by atoms with van der Waals surface area (Å²) < 4.78 is 10.1. The Hall–Kier alpha value is -1.62. The molecule has 1 amide bonds. The molecular weight excluding hydrogens is 270 g/mol. The average Bonchev–Trinajstić information content (AvgIpc) is 2.35. The van der Waals surface area contributed by atoms with Gasteiger partial charge in [-0.3, -0.25) is 0 Å². The molecule has 2 rings (SSSR count). The van der Waals surface area contributed by atoms with E-state index in [1.54, 1.807) is 12.1 Å². The molecule has 0 bridgehead atoms. The molecular formula is C13H16ClNO4. The second kappa shape index (κ2) is 4.81. The van der Waals surface area contributed by atoms with Crippen LogP contribution in [0.4, 0.5) is 4.79 Å². The Balaban J connectivity index is 2.45. The lowest BCUT2D eigenvalue weighted by Gasteiger charge is -2.38. The van der Waals surface area contributed by atoms with Gasteiger partial charge in [-0.2, -0.15) is 0 Å². The number of nitrogens with one attached hydrogen (secondary N) is 1. The maximum atomic E-state index is 11.4. The monoisotopic (exact) mass is 285 g/mol. The van der Waals surface area contributed by atoms with E-state index in [1.807, 2.05) is 13.8 Å². The van der Waals surface area contributed by atoms with Crippen LogP contribution >= 0.6 is 11.6 Å². The second-order valence-electron chi connectivity index (χ2n) is 5.20. The molecule has 1 aromatic carbocycles. The number of amides is 1. The smallest absolute Gasteiger partial charge is 0.407 e. The summed E-state index contributed by atoms with van der Waals surface area (Å²) in [4.78, 5) is 11.4. The largest absolute Gasteiger partial charge is 0.503 e. The number of ether oxygens (including phenoxy) is 2. The van der Waals surface area contributed by atoms with Crippen LogP contribution in [0, 0.1) is 5.41 Å². The molecule has 0 radical (unpaired) electrons. The molecule has 104 valence electrons. The van der Waals surface area contributed by atoms with E-state index in [0.29, 0.717) is 6.61 Å². The number of cyclic esters (lactones) is 1. The van der Waals surface area contributed by atoms with E-state index in [9.17, 15) is 9.90 Å². The molecule has 1 saturated heterocycles. The van der Waals surface area contributed by atoms with Crippen LogP contribution in [0.25, 0.3) is 0 Å². The van der Waals surface area contributed by atoms with Crippen LogP contribution < -0.4 is 10.1 Å². The summed E-state index contributed by atoms with van der Waals surface area (Å²) in [5.41, 5.74) is 0.473. The topological polar surface area (TPSA) is 67.8 Å². The number of phenols is 1. The standard InChI is InChI=1S/C13H16ClNO4/c1-13(2)6-19-12(17)15-11(13)7-4-8(14)10(16)9(5-7)18-3/h4-5,11,16H,6H2,1-3H3,(H,15,17)/t11-/m1/s1. The van der Waals surface area contributed by atoms with Gasteiger partial charge < -0.3 is 19.9 Å². The highest BCUT2D eigenvalue weighted by atomic mass is 35.5. The number of carbonyl (C=O) groups is 1. The molecule has 0 saturated carbocycles. The Morgan fingerprint density at radius 1 is 1.53 bits per heavy atom. The van der Waals surface area contributed by atoms with Crippen LogP contribution in [0.1, 0.15) is 25.5 Å². The van der Waals surface area contributed by atoms with E-state index in [1.165, 1.54) is 7.11 Å². The Kier molecular flexibility index (Phi) is 3.49. The lowest BCUT2D eigenvalue weighted by Crippen LogP contribution is -2.46. The first kappa shape index (κ1) is 13.8. The summed E-state index contributed by atoms with van der Waals surface area (Å²) in [6.07, 6.45) is -0.465. The maximum Gasteiger partial charge on any atom is 0.407 e. The SMILES string of the molecule is COc1cc([C@H]2NC(=O)OCC2(C)C)cc(Cl)c1O. The fraction of sp³-hybridized carbons (Fsp3) is 0.462. The molecule has 0 aliphatic carbocycles. The minimum atomic E-state index is -0.465. The first-order chi connectivity index (χ1) is 8.85. The van der Waals surface area contributed by atoms with Gasteiger partial charge in [0.15, 0.2) is 11.5 Å². The number of alkyl carbamates (subject to hydrolysis) is 1. The van der Waals surface area contributed by atoms with Crippen molar-refractivity contribution in [3.05, 3.63) is 22.7 Å². The zero-order chi connectivity index (χ0) is 14.2. The van der Waals surface area contributed by atoms with Gasteiger partial charge in [0.05, 0.1) is 18.2 Å². The third-order valence-corrected chi connectivity index (χ3v) is 3.51. The summed E-state index contributed by atoms with van der Waals surface area (Å²) >= 11 is 5.97. The molecule has 6 heteroatoms. The Labute approximate surface area is 116 Å². The van der Waals surface area contributed by atoms with Gasteiger partial charge in [0, 0.05) is 5.41 Å². The minimum Gasteiger partial charge on any atom is -0.503 e. The third-order valence-electron chi connectivity index (χ3n) is 3.22. The van der Waals surface area contributed by atoms with Gasteiger partial charge in [-0.1, -0.05) is 25.4 Å². The molecule has 19 heavy (non-hydrogen) atoms. The van der Waals surface area contributed by atoms with Gasteiger partial charge in [-0.05, 0) is 17.7 Å². The van der Waals surface area contributed by atoms with Crippen molar-refractivity contribution in [1.29, 1.82) is 0 Å². The molecule has 0 unspecified atom stereocenters. The number of phenolic OH excluding ortho intramolecular Hbond substituents is 1. The number of hydrogen-bond acceptors (Lipinski definition) is 4. The molecule has 5 nitrogen and oxygen atoms in total. The number of aromatic hydroxyl groups is 1. The van der Waals surface area contributed by atoms with Gasteiger partial charge >= 0.3 is 6.09 Å². The molecule has 1 aliphatic heterocycles. The highest BCUT2D eigenvalue weighted by Crippen LogP contribution is 2.42. The second-order valence-corrected chi connectivity index (χ2v) is 5.60. The van der Waals surface area contributed by atoms with Crippen molar-refractivity contribution in [3.8, 4) is 11.5 Å². The summed E-state index contributed by atoms with van der Waals surface area (Å²) in [7, 11) is 1.45. The number of rotatable bonds is 2. The highest BCUT2D eigenvalue weighted by Gasteiger charge is 2.38. The van der Waals surface area contributed by atoms with Crippen molar-refractivity contribution in [2.45, 2.75) is 19.9 Å². The van der Waals surface area contributed by atoms with E-state index in [2.05, 4.69) is 5.32 Å². The van der Waals surface area contributed by atoms with E-state index >= 15 is 0 Å². The number of carbonyl (C=O) groups excluding carboxylic acids is 1. The lowest BCUT2D eigenvalue weighted by molar-refractivity contribution is 0.0387. The van der Waals surface area contributed by atoms with Crippen molar-refractivity contribution in [1.82, 2.24) is 5.32 Å². The normalized spacial score (nSPS) is 21.5. The lowest BCUT2D eigenvalue weighted by atomic mass is 9.80. The third kappa shape index (κ3) is 2.56. The molecule has 1 aliphatic rings. The van der Waals surface area contributed by atoms with E-state index in [0.717, 1.165) is 5.56 Å². The molecule has 1 atom stereocenters. The predicted octanol–water partition coefficient (Wildman–Crippen LogP) is 2.86. The minimum absolute atomic E-state index is 0.107. The number of methoxy groups -OCH3 is 1. The summed E-state index contributed by atoms with van der Waals surface area (Å²) in [6.45, 7) is 4.26. The maximum absolute atomic E-state index is 11.4. The van der Waals surface area contributed by atoms with Gasteiger partial charge in [0.25, 0.3) is 0 Å². The fourth-order valence-electron chi connectivity index (χ4n) is 2.14. The van der Waals surface area contributed by atoms with Gasteiger partial charge in [-0.25, -0.2) is 4.79 Å². The molecule has 2 N–H and O–H groups in total. The average molecular weight is 286 g/mol. The quantitative estimate of drug-likeness (QED) is 0.877. The molecule has 1 fully saturated rings. The summed E-state index contributed by atoms with van der Waals surface area (Å²) in [6, 6.07) is 3.03. The van der Waals surface area contributed by atoms with Crippen molar-refractivity contribution < 1.29 is 19.4 Å².